The molecule has 3 aromatic rings. The number of nitrogens with zero attached hydrogens (tertiary/aromatic N) is 2. The molecule has 39 heavy (non-hydrogen) atoms. The maximum absolute atomic E-state index is 13.0. The average molecular weight is 556 g/mol. The summed E-state index contributed by atoms with van der Waals surface area (Å²) in [7, 11) is 0. The number of hydrogen-bond acceptors (Lipinski definition) is 7. The highest BCUT2D eigenvalue weighted by molar-refractivity contribution is 6.15. The number of nitrogens with one attached hydrogen (secondary N) is 4. The zero-order chi connectivity index (χ0) is 27.2. The SMILES string of the molecule is CCOC(=O)C(C(=O)NCc1ccc2[nH]c(CNc3ccc(C(=N)N)cc3)nc2c1C)C(=O)N1CCCC1.Cl. The second-order valence-corrected chi connectivity index (χ2v) is 9.21. The minimum absolute atomic E-state index is 0. The van der Waals surface area contributed by atoms with Crippen molar-refractivity contribution in [1.29, 1.82) is 5.41 Å². The van der Waals surface area contributed by atoms with Gasteiger partial charge < -0.3 is 31.0 Å². The van der Waals surface area contributed by atoms with E-state index in [4.69, 9.17) is 20.9 Å². The second-order valence-electron chi connectivity index (χ2n) is 9.21. The van der Waals surface area contributed by atoms with Gasteiger partial charge >= 0.3 is 5.97 Å². The number of nitrogens with two attached hydrogens (primary N) is 1. The summed E-state index contributed by atoms with van der Waals surface area (Å²) in [4.78, 5) is 47.9. The van der Waals surface area contributed by atoms with Crippen molar-refractivity contribution < 1.29 is 19.1 Å². The molecular weight excluding hydrogens is 522 g/mol. The Hall–Kier alpha value is -4.12. The summed E-state index contributed by atoms with van der Waals surface area (Å²) in [6, 6.07) is 11.0. The third-order valence-corrected chi connectivity index (χ3v) is 6.63. The highest BCUT2D eigenvalue weighted by atomic mass is 35.5. The van der Waals surface area contributed by atoms with Gasteiger partial charge in [-0.3, -0.25) is 19.8 Å². The fourth-order valence-corrected chi connectivity index (χ4v) is 4.48. The Morgan fingerprint density at radius 2 is 1.82 bits per heavy atom. The molecule has 1 fully saturated rings. The van der Waals surface area contributed by atoms with Crippen LogP contribution in [0.25, 0.3) is 11.0 Å². The predicted octanol–water partition coefficient (Wildman–Crippen LogP) is 2.61. The molecular formula is C27H34ClN7O4. The van der Waals surface area contributed by atoms with Crippen molar-refractivity contribution in [2.45, 2.75) is 39.8 Å². The number of carbonyl (C=O) groups is 3. The van der Waals surface area contributed by atoms with Gasteiger partial charge in [0.25, 0.3) is 0 Å². The number of aryl methyl sites for hydroxylation is 1. The molecule has 0 spiro atoms. The van der Waals surface area contributed by atoms with Gasteiger partial charge in [0.1, 0.15) is 11.7 Å². The van der Waals surface area contributed by atoms with Gasteiger partial charge in [-0.05, 0) is 68.1 Å². The van der Waals surface area contributed by atoms with Crippen LogP contribution >= 0.6 is 12.4 Å². The van der Waals surface area contributed by atoms with Crippen molar-refractivity contribution in [2.75, 3.05) is 25.0 Å². The number of aromatic amines is 1. The number of H-pyrrole nitrogens is 1. The number of carbonyl (C=O) groups excluding carboxylic acids is 3. The first-order valence-electron chi connectivity index (χ1n) is 12.7. The summed E-state index contributed by atoms with van der Waals surface area (Å²) in [5, 5.41) is 13.5. The van der Waals surface area contributed by atoms with E-state index in [1.54, 1.807) is 24.0 Å². The molecule has 2 heterocycles. The van der Waals surface area contributed by atoms with Crippen LogP contribution in [0.5, 0.6) is 0 Å². The molecule has 208 valence electrons. The van der Waals surface area contributed by atoms with E-state index in [1.165, 1.54) is 0 Å². The summed E-state index contributed by atoms with van der Waals surface area (Å²) >= 11 is 0. The Balaban J connectivity index is 0.00000420. The number of anilines is 1. The summed E-state index contributed by atoms with van der Waals surface area (Å²) in [6.07, 6.45) is 1.71. The lowest BCUT2D eigenvalue weighted by Crippen LogP contribution is -2.47. The first-order chi connectivity index (χ1) is 18.3. The van der Waals surface area contributed by atoms with Crippen LogP contribution in [0.2, 0.25) is 0 Å². The smallest absolute Gasteiger partial charge is 0.328 e. The van der Waals surface area contributed by atoms with E-state index in [1.807, 2.05) is 31.2 Å². The minimum Gasteiger partial charge on any atom is -0.465 e. The van der Waals surface area contributed by atoms with Gasteiger partial charge in [0, 0.05) is 30.9 Å². The van der Waals surface area contributed by atoms with E-state index in [0.29, 0.717) is 25.2 Å². The number of imidazole rings is 1. The lowest BCUT2D eigenvalue weighted by molar-refractivity contribution is -0.158. The van der Waals surface area contributed by atoms with Crippen molar-refractivity contribution in [3.05, 3.63) is 58.9 Å². The first kappa shape index (κ1) is 29.4. The molecule has 11 nitrogen and oxygen atoms in total. The zero-order valence-electron chi connectivity index (χ0n) is 22.0. The Bertz CT molecular complexity index is 1350. The van der Waals surface area contributed by atoms with Crippen molar-refractivity contribution in [1.82, 2.24) is 20.2 Å². The molecule has 2 aromatic carbocycles. The first-order valence-corrected chi connectivity index (χ1v) is 12.7. The van der Waals surface area contributed by atoms with E-state index >= 15 is 0 Å². The van der Waals surface area contributed by atoms with Crippen LogP contribution in [-0.2, 0) is 32.2 Å². The van der Waals surface area contributed by atoms with Crippen LogP contribution < -0.4 is 16.4 Å². The van der Waals surface area contributed by atoms with Gasteiger partial charge in [0.15, 0.2) is 0 Å². The van der Waals surface area contributed by atoms with Crippen molar-refractivity contribution in [3.8, 4) is 0 Å². The molecule has 1 aliphatic heterocycles. The highest BCUT2D eigenvalue weighted by Gasteiger charge is 2.39. The molecule has 1 saturated heterocycles. The highest BCUT2D eigenvalue weighted by Crippen LogP contribution is 2.21. The molecule has 0 radical (unpaired) electrons. The Morgan fingerprint density at radius 1 is 1.13 bits per heavy atom. The van der Waals surface area contributed by atoms with Gasteiger partial charge in [-0.25, -0.2) is 4.98 Å². The van der Waals surface area contributed by atoms with E-state index in [2.05, 4.69) is 15.6 Å². The van der Waals surface area contributed by atoms with Crippen LogP contribution in [0.15, 0.2) is 36.4 Å². The van der Waals surface area contributed by atoms with Gasteiger partial charge in [0.05, 0.1) is 24.2 Å². The van der Waals surface area contributed by atoms with Crippen LogP contribution in [-0.4, -0.2) is 58.2 Å². The predicted molar refractivity (Wildman–Crippen MR) is 151 cm³/mol. The molecule has 0 bridgehead atoms. The number of benzene rings is 2. The van der Waals surface area contributed by atoms with Crippen molar-refractivity contribution >= 4 is 52.7 Å². The summed E-state index contributed by atoms with van der Waals surface area (Å²) in [5.74, 6) is -2.75. The van der Waals surface area contributed by atoms with Crippen molar-refractivity contribution in [3.63, 3.8) is 0 Å². The topological polar surface area (TPSA) is 166 Å². The number of fused-ring (bicyclic) bond motifs is 1. The number of esters is 1. The van der Waals surface area contributed by atoms with E-state index < -0.39 is 23.7 Å². The molecule has 1 atom stereocenters. The number of amidine groups is 1. The Labute approximate surface area is 232 Å². The number of nitrogen functional groups attached to an aromatic ring is 1. The third-order valence-electron chi connectivity index (χ3n) is 6.63. The number of rotatable bonds is 10. The number of ether oxygens (including phenoxy) is 1. The van der Waals surface area contributed by atoms with Crippen LogP contribution in [0, 0.1) is 18.3 Å². The third kappa shape index (κ3) is 6.85. The molecule has 2 amide bonds. The van der Waals surface area contributed by atoms with E-state index in [0.717, 1.165) is 46.5 Å². The summed E-state index contributed by atoms with van der Waals surface area (Å²) in [5.41, 5.74) is 10.4. The molecule has 1 unspecified atom stereocenters. The van der Waals surface area contributed by atoms with Crippen LogP contribution in [0.4, 0.5) is 5.69 Å². The Kier molecular flexibility index (Phi) is 9.89. The van der Waals surface area contributed by atoms with Crippen LogP contribution in [0.1, 0.15) is 42.3 Å². The maximum Gasteiger partial charge on any atom is 0.328 e. The fourth-order valence-electron chi connectivity index (χ4n) is 4.48. The quantitative estimate of drug-likeness (QED) is 0.111. The number of hydrogen-bond donors (Lipinski definition) is 5. The maximum atomic E-state index is 13.0. The van der Waals surface area contributed by atoms with E-state index in [9.17, 15) is 14.4 Å². The zero-order valence-corrected chi connectivity index (χ0v) is 22.8. The molecule has 1 aromatic heterocycles. The standard InChI is InChI=1S/C27H33N7O4.ClH/c1-3-38-27(37)22(26(36)34-12-4-5-13-34)25(35)31-14-18-8-11-20-23(16(18)2)33-21(32-20)15-30-19-9-6-17(7-10-19)24(28)29;/h6-11,22,30H,3-5,12-15H2,1-2H3,(H3,28,29)(H,31,35)(H,32,33);1H. The molecule has 12 heteroatoms. The normalized spacial score (nSPS) is 13.4. The van der Waals surface area contributed by atoms with Gasteiger partial charge in [-0.1, -0.05) is 6.07 Å². The number of halogens is 1. The molecule has 4 rings (SSSR count). The molecule has 0 saturated carbocycles. The van der Waals surface area contributed by atoms with E-state index in [-0.39, 0.29) is 31.4 Å². The Morgan fingerprint density at radius 3 is 2.46 bits per heavy atom. The van der Waals surface area contributed by atoms with Crippen LogP contribution in [0.3, 0.4) is 0 Å². The monoisotopic (exact) mass is 555 g/mol. The second kappa shape index (κ2) is 13.1. The summed E-state index contributed by atoms with van der Waals surface area (Å²) in [6.45, 7) is 5.33. The van der Waals surface area contributed by atoms with Gasteiger partial charge in [-0.15, -0.1) is 12.4 Å². The average Bonchev–Trinajstić information content (AvgIpc) is 3.58. The lowest BCUT2D eigenvalue weighted by Gasteiger charge is -2.21. The fraction of sp³-hybridized carbons (Fsp3) is 0.370. The molecule has 6 N–H and O–H groups in total. The number of amides is 2. The number of aromatic nitrogens is 2. The number of likely N-dealkylation sites (tertiary alicyclic amines) is 1. The van der Waals surface area contributed by atoms with Crippen molar-refractivity contribution in [2.24, 2.45) is 11.7 Å². The minimum atomic E-state index is -1.51. The van der Waals surface area contributed by atoms with Gasteiger partial charge in [0.2, 0.25) is 17.7 Å². The largest absolute Gasteiger partial charge is 0.465 e. The molecule has 1 aliphatic rings. The lowest BCUT2D eigenvalue weighted by atomic mass is 10.0. The summed E-state index contributed by atoms with van der Waals surface area (Å²) < 4.78 is 5.03. The molecule has 0 aliphatic carbocycles. The van der Waals surface area contributed by atoms with Gasteiger partial charge in [-0.2, -0.15) is 0 Å².